The summed E-state index contributed by atoms with van der Waals surface area (Å²) < 4.78 is 6.43. The third-order valence-electron chi connectivity index (χ3n) is 3.16. The Bertz CT molecular complexity index is 420. The van der Waals surface area contributed by atoms with Crippen LogP contribution in [0.2, 0.25) is 0 Å². The quantitative estimate of drug-likeness (QED) is 0.900. The molecule has 0 radical (unpaired) electrons. The van der Waals surface area contributed by atoms with Gasteiger partial charge in [-0.05, 0) is 23.6 Å². The molecule has 17 heavy (non-hydrogen) atoms. The van der Waals surface area contributed by atoms with Crippen molar-refractivity contribution < 1.29 is 9.84 Å². The van der Waals surface area contributed by atoms with Crippen molar-refractivity contribution in [1.82, 2.24) is 0 Å². The van der Waals surface area contributed by atoms with Gasteiger partial charge in [-0.25, -0.2) is 0 Å². The van der Waals surface area contributed by atoms with E-state index in [1.165, 1.54) is 5.56 Å². The van der Waals surface area contributed by atoms with Gasteiger partial charge in [0.15, 0.2) is 0 Å². The molecule has 94 valence electrons. The summed E-state index contributed by atoms with van der Waals surface area (Å²) in [6.45, 7) is 4.30. The highest BCUT2D eigenvalue weighted by Crippen LogP contribution is 2.46. The van der Waals surface area contributed by atoms with Crippen LogP contribution in [0.25, 0.3) is 0 Å². The number of halogens is 1. The van der Waals surface area contributed by atoms with Crippen LogP contribution >= 0.6 is 27.7 Å². The lowest BCUT2D eigenvalue weighted by molar-refractivity contribution is 0.152. The van der Waals surface area contributed by atoms with E-state index >= 15 is 0 Å². The highest BCUT2D eigenvalue weighted by molar-refractivity contribution is 9.10. The first-order valence-corrected chi connectivity index (χ1v) is 7.55. The smallest absolute Gasteiger partial charge is 0.125 e. The summed E-state index contributed by atoms with van der Waals surface area (Å²) in [6.07, 6.45) is -0.448. The Morgan fingerprint density at radius 2 is 2.18 bits per heavy atom. The standard InChI is InChI=1S/C13H17BrO2S/c1-7(2)13-12(15)11-8(6-17-13)9(14)4-5-10(11)16-3/h4-5,7,12-13,15H,6H2,1-3H3. The fourth-order valence-electron chi connectivity index (χ4n) is 2.26. The molecule has 2 atom stereocenters. The van der Waals surface area contributed by atoms with E-state index in [1.54, 1.807) is 7.11 Å². The Morgan fingerprint density at radius 1 is 1.47 bits per heavy atom. The summed E-state index contributed by atoms with van der Waals surface area (Å²) in [4.78, 5) is 0. The molecule has 1 aromatic rings. The van der Waals surface area contributed by atoms with Crippen molar-refractivity contribution in [2.24, 2.45) is 5.92 Å². The number of rotatable bonds is 2. The van der Waals surface area contributed by atoms with Gasteiger partial charge in [-0.15, -0.1) is 0 Å². The number of fused-ring (bicyclic) bond motifs is 1. The summed E-state index contributed by atoms with van der Waals surface area (Å²) in [6, 6.07) is 3.90. The number of benzene rings is 1. The summed E-state index contributed by atoms with van der Waals surface area (Å²) in [7, 11) is 1.66. The molecule has 0 aliphatic carbocycles. The molecule has 1 aromatic carbocycles. The molecular formula is C13H17BrO2S. The highest BCUT2D eigenvalue weighted by atomic mass is 79.9. The minimum atomic E-state index is -0.448. The minimum Gasteiger partial charge on any atom is -0.496 e. The molecule has 1 aliphatic heterocycles. The fourth-order valence-corrected chi connectivity index (χ4v) is 4.30. The molecule has 0 fully saturated rings. The number of hydrogen-bond donors (Lipinski definition) is 1. The molecule has 0 saturated carbocycles. The summed E-state index contributed by atoms with van der Waals surface area (Å²) in [5, 5.41) is 10.7. The minimum absolute atomic E-state index is 0.241. The van der Waals surface area contributed by atoms with Crippen LogP contribution in [0, 0.1) is 5.92 Å². The van der Waals surface area contributed by atoms with Crippen LogP contribution < -0.4 is 4.74 Å². The van der Waals surface area contributed by atoms with E-state index in [0.29, 0.717) is 5.92 Å². The zero-order valence-electron chi connectivity index (χ0n) is 10.2. The number of aliphatic hydroxyl groups is 1. The van der Waals surface area contributed by atoms with Crippen LogP contribution in [-0.4, -0.2) is 17.5 Å². The molecule has 2 rings (SSSR count). The summed E-state index contributed by atoms with van der Waals surface area (Å²) in [5.41, 5.74) is 2.12. The van der Waals surface area contributed by atoms with Gasteiger partial charge in [0.25, 0.3) is 0 Å². The van der Waals surface area contributed by atoms with Gasteiger partial charge >= 0.3 is 0 Å². The second-order valence-corrected chi connectivity index (χ2v) is 6.63. The first kappa shape index (κ1) is 13.2. The van der Waals surface area contributed by atoms with E-state index in [1.807, 2.05) is 23.9 Å². The van der Waals surface area contributed by atoms with Gasteiger partial charge in [-0.2, -0.15) is 11.8 Å². The summed E-state index contributed by atoms with van der Waals surface area (Å²) >= 11 is 5.37. The first-order chi connectivity index (χ1) is 8.06. The maximum absolute atomic E-state index is 10.5. The molecule has 0 aromatic heterocycles. The van der Waals surface area contributed by atoms with E-state index in [2.05, 4.69) is 29.8 Å². The average Bonchev–Trinajstić information content (AvgIpc) is 2.30. The maximum atomic E-state index is 10.5. The van der Waals surface area contributed by atoms with Gasteiger partial charge in [-0.3, -0.25) is 0 Å². The van der Waals surface area contributed by atoms with Gasteiger partial charge in [0, 0.05) is 21.0 Å². The van der Waals surface area contributed by atoms with Crippen molar-refractivity contribution in [1.29, 1.82) is 0 Å². The third-order valence-corrected chi connectivity index (χ3v) is 5.55. The van der Waals surface area contributed by atoms with Crippen molar-refractivity contribution in [2.75, 3.05) is 7.11 Å². The van der Waals surface area contributed by atoms with E-state index in [-0.39, 0.29) is 5.25 Å². The number of aliphatic hydroxyl groups excluding tert-OH is 1. The van der Waals surface area contributed by atoms with E-state index in [9.17, 15) is 5.11 Å². The van der Waals surface area contributed by atoms with Gasteiger partial charge in [0.1, 0.15) is 5.75 Å². The molecule has 1 aliphatic rings. The maximum Gasteiger partial charge on any atom is 0.125 e. The molecule has 0 bridgehead atoms. The zero-order chi connectivity index (χ0) is 12.6. The van der Waals surface area contributed by atoms with Crippen LogP contribution in [0.4, 0.5) is 0 Å². The van der Waals surface area contributed by atoms with Gasteiger partial charge in [0.2, 0.25) is 0 Å². The van der Waals surface area contributed by atoms with E-state index < -0.39 is 6.10 Å². The largest absolute Gasteiger partial charge is 0.496 e. The predicted octanol–water partition coefficient (Wildman–Crippen LogP) is 3.76. The molecule has 2 unspecified atom stereocenters. The van der Waals surface area contributed by atoms with Crippen LogP contribution in [0.15, 0.2) is 16.6 Å². The zero-order valence-corrected chi connectivity index (χ0v) is 12.6. The van der Waals surface area contributed by atoms with Gasteiger partial charge in [0.05, 0.1) is 13.2 Å². The Balaban J connectivity index is 2.49. The van der Waals surface area contributed by atoms with Crippen molar-refractivity contribution in [2.45, 2.75) is 31.0 Å². The Kier molecular flexibility index (Phi) is 4.06. The number of hydrogen-bond acceptors (Lipinski definition) is 3. The Hall–Kier alpha value is -0.190. The Morgan fingerprint density at radius 3 is 2.76 bits per heavy atom. The van der Waals surface area contributed by atoms with Crippen LogP contribution in [0.5, 0.6) is 5.75 Å². The number of methoxy groups -OCH3 is 1. The SMILES string of the molecule is COc1ccc(Br)c2c1C(O)C(C(C)C)SC2. The molecule has 4 heteroatoms. The van der Waals surface area contributed by atoms with Crippen molar-refractivity contribution in [3.63, 3.8) is 0 Å². The van der Waals surface area contributed by atoms with Crippen LogP contribution in [-0.2, 0) is 5.75 Å². The monoisotopic (exact) mass is 316 g/mol. The summed E-state index contributed by atoms with van der Waals surface area (Å²) in [5.74, 6) is 2.17. The van der Waals surface area contributed by atoms with Gasteiger partial charge < -0.3 is 9.84 Å². The Labute approximate surface area is 115 Å². The predicted molar refractivity (Wildman–Crippen MR) is 75.6 cm³/mol. The van der Waals surface area contributed by atoms with Crippen molar-refractivity contribution in [3.05, 3.63) is 27.7 Å². The van der Waals surface area contributed by atoms with Crippen molar-refractivity contribution >= 4 is 27.7 Å². The second kappa shape index (κ2) is 5.21. The second-order valence-electron chi connectivity index (χ2n) is 4.61. The third kappa shape index (κ3) is 2.35. The van der Waals surface area contributed by atoms with E-state index in [0.717, 1.165) is 21.5 Å². The van der Waals surface area contributed by atoms with Gasteiger partial charge in [-0.1, -0.05) is 29.8 Å². The molecular weight excluding hydrogens is 300 g/mol. The molecule has 0 spiro atoms. The molecule has 0 amide bonds. The van der Waals surface area contributed by atoms with E-state index in [4.69, 9.17) is 4.74 Å². The van der Waals surface area contributed by atoms with Crippen LogP contribution in [0.1, 0.15) is 31.1 Å². The highest BCUT2D eigenvalue weighted by Gasteiger charge is 2.34. The lowest BCUT2D eigenvalue weighted by atomic mass is 9.94. The fraction of sp³-hybridized carbons (Fsp3) is 0.538. The average molecular weight is 317 g/mol. The molecule has 0 saturated heterocycles. The first-order valence-electron chi connectivity index (χ1n) is 5.71. The number of ether oxygens (including phenoxy) is 1. The topological polar surface area (TPSA) is 29.5 Å². The molecule has 1 heterocycles. The molecule has 2 nitrogen and oxygen atoms in total. The lowest BCUT2D eigenvalue weighted by Gasteiger charge is -2.33. The number of thioether (sulfide) groups is 1. The van der Waals surface area contributed by atoms with Crippen LogP contribution in [0.3, 0.4) is 0 Å². The normalized spacial score (nSPS) is 23.6. The lowest BCUT2D eigenvalue weighted by Crippen LogP contribution is -2.26. The van der Waals surface area contributed by atoms with Crippen molar-refractivity contribution in [3.8, 4) is 5.75 Å². The molecule has 1 N–H and O–H groups in total.